The minimum atomic E-state index is -0.0909. The van der Waals surface area contributed by atoms with Crippen LogP contribution in [0.1, 0.15) is 22.0 Å². The molecule has 0 atom stereocenters. The van der Waals surface area contributed by atoms with Crippen molar-refractivity contribution in [1.29, 1.82) is 0 Å². The molecule has 0 bridgehead atoms. The molecule has 2 rings (SSSR count). The fraction of sp³-hybridized carbons (Fsp3) is 0.250. The van der Waals surface area contributed by atoms with E-state index in [4.69, 9.17) is 17.4 Å². The van der Waals surface area contributed by atoms with Gasteiger partial charge in [0.1, 0.15) is 0 Å². The van der Waals surface area contributed by atoms with Gasteiger partial charge in [0.25, 0.3) is 11.6 Å². The standard InChI is InChI=1S/C12H14ClN4O/c1-8-15-16(9(2)17(8)14)7-12(18)10-5-3-4-6-11(10)13/h3-6H,7,14H2,1-2H3/q+1. The van der Waals surface area contributed by atoms with Gasteiger partial charge in [-0.15, -0.1) is 9.36 Å². The van der Waals surface area contributed by atoms with E-state index in [1.54, 1.807) is 42.8 Å². The third-order valence-corrected chi connectivity index (χ3v) is 3.13. The lowest BCUT2D eigenvalue weighted by molar-refractivity contribution is -0.652. The number of ketones is 1. The van der Waals surface area contributed by atoms with E-state index >= 15 is 0 Å². The van der Waals surface area contributed by atoms with Gasteiger partial charge in [0.05, 0.1) is 5.02 Å². The SMILES string of the molecule is Cc1nn(CC(=O)c2ccccc2Cl)c(C)[n+]1N. The molecule has 0 saturated heterocycles. The summed E-state index contributed by atoms with van der Waals surface area (Å²) in [7, 11) is 0. The summed E-state index contributed by atoms with van der Waals surface area (Å²) in [5, 5.41) is 4.64. The van der Waals surface area contributed by atoms with E-state index in [0.717, 1.165) is 0 Å². The number of carbonyl (C=O) groups is 1. The molecule has 0 saturated carbocycles. The van der Waals surface area contributed by atoms with Gasteiger partial charge in [-0.3, -0.25) is 10.6 Å². The molecule has 2 N–H and O–H groups in total. The lowest BCUT2D eigenvalue weighted by Crippen LogP contribution is -2.48. The van der Waals surface area contributed by atoms with E-state index in [1.165, 1.54) is 4.68 Å². The zero-order chi connectivity index (χ0) is 13.3. The number of nitrogen functional groups attached to an aromatic ring is 1. The second kappa shape index (κ2) is 4.78. The van der Waals surface area contributed by atoms with Crippen LogP contribution in [0.25, 0.3) is 0 Å². The molecule has 0 amide bonds. The number of benzene rings is 1. The van der Waals surface area contributed by atoms with Gasteiger partial charge < -0.3 is 0 Å². The number of aryl methyl sites for hydroxylation is 1. The van der Waals surface area contributed by atoms with E-state index in [-0.39, 0.29) is 12.3 Å². The van der Waals surface area contributed by atoms with E-state index in [2.05, 4.69) is 5.10 Å². The van der Waals surface area contributed by atoms with E-state index in [9.17, 15) is 4.79 Å². The van der Waals surface area contributed by atoms with Crippen LogP contribution < -0.4 is 10.5 Å². The molecule has 0 aliphatic heterocycles. The van der Waals surface area contributed by atoms with Crippen molar-refractivity contribution in [2.24, 2.45) is 0 Å². The Morgan fingerprint density at radius 2 is 2.11 bits per heavy atom. The van der Waals surface area contributed by atoms with Gasteiger partial charge in [0.15, 0.2) is 6.54 Å². The highest BCUT2D eigenvalue weighted by Crippen LogP contribution is 2.16. The van der Waals surface area contributed by atoms with Crippen molar-refractivity contribution in [2.75, 3.05) is 5.84 Å². The maximum absolute atomic E-state index is 12.1. The van der Waals surface area contributed by atoms with Crippen molar-refractivity contribution in [2.45, 2.75) is 20.4 Å². The Hall–Kier alpha value is -1.88. The second-order valence-corrected chi connectivity index (χ2v) is 4.43. The normalized spacial score (nSPS) is 10.6. The Labute approximate surface area is 110 Å². The highest BCUT2D eigenvalue weighted by atomic mass is 35.5. The Morgan fingerprint density at radius 1 is 1.44 bits per heavy atom. The maximum Gasteiger partial charge on any atom is 0.295 e. The topological polar surface area (TPSA) is 64.8 Å². The minimum absolute atomic E-state index is 0.0909. The minimum Gasteiger partial charge on any atom is -0.290 e. The molecule has 94 valence electrons. The number of nitrogens with two attached hydrogens (primary N) is 1. The fourth-order valence-electron chi connectivity index (χ4n) is 1.71. The zero-order valence-electron chi connectivity index (χ0n) is 10.2. The van der Waals surface area contributed by atoms with E-state index in [1.807, 2.05) is 0 Å². The van der Waals surface area contributed by atoms with Crippen molar-refractivity contribution in [3.05, 3.63) is 46.5 Å². The molecular formula is C12H14ClN4O+. The van der Waals surface area contributed by atoms with Gasteiger partial charge >= 0.3 is 0 Å². The summed E-state index contributed by atoms with van der Waals surface area (Å²) in [5.41, 5.74) is 0.496. The van der Waals surface area contributed by atoms with Crippen LogP contribution in [0, 0.1) is 13.8 Å². The van der Waals surface area contributed by atoms with Crippen LogP contribution in [-0.2, 0) is 6.54 Å². The summed E-state index contributed by atoms with van der Waals surface area (Å²) in [6.45, 7) is 3.71. The average Bonchev–Trinajstić information content (AvgIpc) is 2.57. The van der Waals surface area contributed by atoms with Crippen LogP contribution in [0.5, 0.6) is 0 Å². The fourth-order valence-corrected chi connectivity index (χ4v) is 1.95. The lowest BCUT2D eigenvalue weighted by atomic mass is 10.1. The molecule has 0 radical (unpaired) electrons. The van der Waals surface area contributed by atoms with Crippen molar-refractivity contribution >= 4 is 17.4 Å². The number of carbonyl (C=O) groups excluding carboxylic acids is 1. The predicted octanol–water partition coefficient (Wildman–Crippen LogP) is 1.04. The molecule has 18 heavy (non-hydrogen) atoms. The number of hydrogen-bond acceptors (Lipinski definition) is 3. The van der Waals surface area contributed by atoms with Crippen molar-refractivity contribution in [3.8, 4) is 0 Å². The Balaban J connectivity index is 2.27. The number of halogens is 1. The number of hydrogen-bond donors (Lipinski definition) is 1. The number of rotatable bonds is 3. The predicted molar refractivity (Wildman–Crippen MR) is 67.8 cm³/mol. The maximum atomic E-state index is 12.1. The Kier molecular flexibility index (Phi) is 3.34. The zero-order valence-corrected chi connectivity index (χ0v) is 11.0. The van der Waals surface area contributed by atoms with Crippen LogP contribution in [0.15, 0.2) is 24.3 Å². The molecule has 5 nitrogen and oxygen atoms in total. The summed E-state index contributed by atoms with van der Waals surface area (Å²) in [6, 6.07) is 6.96. The molecule has 6 heteroatoms. The van der Waals surface area contributed by atoms with Crippen molar-refractivity contribution in [3.63, 3.8) is 0 Å². The summed E-state index contributed by atoms with van der Waals surface area (Å²) in [4.78, 5) is 12.1. The van der Waals surface area contributed by atoms with Gasteiger partial charge in [0.2, 0.25) is 5.78 Å². The van der Waals surface area contributed by atoms with Crippen LogP contribution in [0.3, 0.4) is 0 Å². The third-order valence-electron chi connectivity index (χ3n) is 2.80. The number of aromatic nitrogens is 3. The van der Waals surface area contributed by atoms with Gasteiger partial charge in [-0.2, -0.15) is 0 Å². The Bertz CT molecular complexity index is 606. The summed E-state index contributed by atoms with van der Waals surface area (Å²) < 4.78 is 3.01. The number of nitrogens with zero attached hydrogens (tertiary/aromatic N) is 3. The van der Waals surface area contributed by atoms with Crippen LogP contribution in [-0.4, -0.2) is 15.6 Å². The molecular weight excluding hydrogens is 252 g/mol. The second-order valence-electron chi connectivity index (χ2n) is 4.03. The van der Waals surface area contributed by atoms with Crippen molar-refractivity contribution < 1.29 is 9.47 Å². The monoisotopic (exact) mass is 265 g/mol. The van der Waals surface area contributed by atoms with Crippen LogP contribution in [0.4, 0.5) is 0 Å². The molecule has 1 aromatic carbocycles. The number of Topliss-reactive ketones (excluding diaryl/α,β-unsaturated/α-hetero) is 1. The smallest absolute Gasteiger partial charge is 0.290 e. The van der Waals surface area contributed by atoms with Gasteiger partial charge in [-0.1, -0.05) is 23.7 Å². The highest BCUT2D eigenvalue weighted by molar-refractivity contribution is 6.33. The van der Waals surface area contributed by atoms with Gasteiger partial charge in [0, 0.05) is 24.5 Å². The largest absolute Gasteiger partial charge is 0.295 e. The van der Waals surface area contributed by atoms with Crippen LogP contribution >= 0.6 is 11.6 Å². The molecule has 0 spiro atoms. The molecule has 0 unspecified atom stereocenters. The van der Waals surface area contributed by atoms with Crippen molar-refractivity contribution in [1.82, 2.24) is 9.78 Å². The molecule has 1 heterocycles. The molecule has 0 fully saturated rings. The van der Waals surface area contributed by atoms with Crippen LogP contribution in [0.2, 0.25) is 5.02 Å². The van der Waals surface area contributed by atoms with E-state index < -0.39 is 0 Å². The molecule has 2 aromatic rings. The molecule has 1 aromatic heterocycles. The van der Waals surface area contributed by atoms with Gasteiger partial charge in [-0.25, -0.2) is 0 Å². The van der Waals surface area contributed by atoms with E-state index in [0.29, 0.717) is 22.2 Å². The first-order chi connectivity index (χ1) is 8.50. The molecule has 0 aliphatic carbocycles. The lowest BCUT2D eigenvalue weighted by Gasteiger charge is -2.00. The first kappa shape index (κ1) is 12.6. The highest BCUT2D eigenvalue weighted by Gasteiger charge is 2.21. The summed E-state index contributed by atoms with van der Waals surface area (Å²) >= 11 is 5.98. The molecule has 0 aliphatic rings. The summed E-state index contributed by atoms with van der Waals surface area (Å²) in [5.74, 6) is 7.02. The summed E-state index contributed by atoms with van der Waals surface area (Å²) in [6.07, 6.45) is 0. The van der Waals surface area contributed by atoms with Gasteiger partial charge in [-0.05, 0) is 12.1 Å². The first-order valence-corrected chi connectivity index (χ1v) is 5.87. The Morgan fingerprint density at radius 3 is 2.67 bits per heavy atom. The quantitative estimate of drug-likeness (QED) is 0.512. The average molecular weight is 266 g/mol. The first-order valence-electron chi connectivity index (χ1n) is 5.49. The third kappa shape index (κ3) is 2.22.